The zero-order chi connectivity index (χ0) is 14.0. The van der Waals surface area contributed by atoms with Gasteiger partial charge in [-0.15, -0.1) is 0 Å². The first-order valence-corrected chi connectivity index (χ1v) is 7.64. The molecule has 1 rings (SSSR count). The molecule has 2 atom stereocenters. The predicted molar refractivity (Wildman–Crippen MR) is 77.6 cm³/mol. The first-order chi connectivity index (χ1) is 9.20. The van der Waals surface area contributed by atoms with Crippen LogP contribution in [-0.2, 0) is 14.2 Å². The van der Waals surface area contributed by atoms with Gasteiger partial charge in [0.05, 0.1) is 18.8 Å². The van der Waals surface area contributed by atoms with Gasteiger partial charge in [0.15, 0.2) is 0 Å². The molecule has 19 heavy (non-hydrogen) atoms. The van der Waals surface area contributed by atoms with Gasteiger partial charge in [-0.1, -0.05) is 6.92 Å². The Balaban J connectivity index is 1.97. The van der Waals surface area contributed by atoms with E-state index in [0.717, 1.165) is 45.4 Å². The van der Waals surface area contributed by atoms with E-state index in [9.17, 15) is 0 Å². The largest absolute Gasteiger partial charge is 0.382 e. The molecule has 2 unspecified atom stereocenters. The second-order valence-corrected chi connectivity index (χ2v) is 5.61. The quantitative estimate of drug-likeness (QED) is 0.620. The molecule has 0 bridgehead atoms. The van der Waals surface area contributed by atoms with Gasteiger partial charge in [-0.25, -0.2) is 0 Å². The van der Waals surface area contributed by atoms with Gasteiger partial charge < -0.3 is 19.5 Å². The fourth-order valence-electron chi connectivity index (χ4n) is 2.43. The second kappa shape index (κ2) is 9.70. The molecule has 0 radical (unpaired) electrons. The van der Waals surface area contributed by atoms with Crippen LogP contribution in [0.5, 0.6) is 0 Å². The lowest BCUT2D eigenvalue weighted by Crippen LogP contribution is -2.45. The minimum atomic E-state index is 0.0825. The molecule has 0 aliphatic carbocycles. The van der Waals surface area contributed by atoms with Crippen molar-refractivity contribution in [3.63, 3.8) is 0 Å². The summed E-state index contributed by atoms with van der Waals surface area (Å²) in [7, 11) is 1.70. The fraction of sp³-hybridized carbons (Fsp3) is 1.00. The Morgan fingerprint density at radius 3 is 2.84 bits per heavy atom. The van der Waals surface area contributed by atoms with Crippen LogP contribution in [0.1, 0.15) is 46.0 Å². The highest BCUT2D eigenvalue weighted by molar-refractivity contribution is 4.85. The van der Waals surface area contributed by atoms with Crippen molar-refractivity contribution in [2.45, 2.75) is 57.6 Å². The molecule has 4 nitrogen and oxygen atoms in total. The maximum atomic E-state index is 5.86. The predicted octanol–water partition coefficient (Wildman–Crippen LogP) is 2.37. The minimum absolute atomic E-state index is 0.0825. The van der Waals surface area contributed by atoms with Gasteiger partial charge in [0.2, 0.25) is 0 Å². The van der Waals surface area contributed by atoms with Gasteiger partial charge in [0.25, 0.3) is 0 Å². The highest BCUT2D eigenvalue weighted by Gasteiger charge is 2.30. The van der Waals surface area contributed by atoms with Gasteiger partial charge in [-0.2, -0.15) is 0 Å². The highest BCUT2D eigenvalue weighted by atomic mass is 16.5. The maximum Gasteiger partial charge on any atom is 0.0700 e. The molecular weight excluding hydrogens is 242 g/mol. The van der Waals surface area contributed by atoms with Crippen LogP contribution >= 0.6 is 0 Å². The molecule has 0 aromatic rings. The van der Waals surface area contributed by atoms with E-state index in [1.165, 1.54) is 6.42 Å². The molecule has 0 aromatic carbocycles. The Hall–Kier alpha value is -0.160. The van der Waals surface area contributed by atoms with Crippen molar-refractivity contribution in [2.75, 3.05) is 40.1 Å². The number of nitrogens with one attached hydrogen (secondary N) is 1. The van der Waals surface area contributed by atoms with Crippen LogP contribution in [-0.4, -0.2) is 51.7 Å². The summed E-state index contributed by atoms with van der Waals surface area (Å²) in [4.78, 5) is 0. The molecule has 114 valence electrons. The Morgan fingerprint density at radius 2 is 2.11 bits per heavy atom. The smallest absolute Gasteiger partial charge is 0.0700 e. The Labute approximate surface area is 118 Å². The summed E-state index contributed by atoms with van der Waals surface area (Å²) >= 11 is 0. The zero-order valence-electron chi connectivity index (χ0n) is 12.9. The third kappa shape index (κ3) is 7.25. The van der Waals surface area contributed by atoms with E-state index < -0.39 is 0 Å². The molecule has 1 aliphatic rings. The summed E-state index contributed by atoms with van der Waals surface area (Å²) in [5, 5.41) is 3.65. The lowest BCUT2D eigenvalue weighted by Gasteiger charge is -2.38. The topological polar surface area (TPSA) is 39.7 Å². The van der Waals surface area contributed by atoms with E-state index >= 15 is 0 Å². The van der Waals surface area contributed by atoms with Crippen molar-refractivity contribution in [1.29, 1.82) is 0 Å². The number of ether oxygens (including phenoxy) is 3. The van der Waals surface area contributed by atoms with Crippen molar-refractivity contribution in [3.05, 3.63) is 0 Å². The van der Waals surface area contributed by atoms with Crippen LogP contribution < -0.4 is 5.32 Å². The first-order valence-electron chi connectivity index (χ1n) is 7.64. The monoisotopic (exact) mass is 273 g/mol. The fourth-order valence-corrected chi connectivity index (χ4v) is 2.43. The van der Waals surface area contributed by atoms with Crippen molar-refractivity contribution >= 4 is 0 Å². The molecule has 0 saturated carbocycles. The summed E-state index contributed by atoms with van der Waals surface area (Å²) < 4.78 is 16.2. The van der Waals surface area contributed by atoms with Crippen LogP contribution in [0.4, 0.5) is 0 Å². The Morgan fingerprint density at radius 1 is 1.26 bits per heavy atom. The first kappa shape index (κ1) is 16.9. The summed E-state index contributed by atoms with van der Waals surface area (Å²) in [6.45, 7) is 8.64. The van der Waals surface area contributed by atoms with Crippen molar-refractivity contribution in [2.24, 2.45) is 0 Å². The Kier molecular flexibility index (Phi) is 8.62. The molecular formula is C15H31NO3. The van der Waals surface area contributed by atoms with E-state index in [2.05, 4.69) is 19.2 Å². The van der Waals surface area contributed by atoms with E-state index in [1.807, 2.05) is 0 Å². The minimum Gasteiger partial charge on any atom is -0.382 e. The normalized spacial score (nSPS) is 27.6. The molecule has 0 aromatic heterocycles. The number of hydrogen-bond donors (Lipinski definition) is 1. The van der Waals surface area contributed by atoms with Crippen LogP contribution in [0.25, 0.3) is 0 Å². The molecule has 1 saturated heterocycles. The van der Waals surface area contributed by atoms with Gasteiger partial charge in [-0.3, -0.25) is 0 Å². The average Bonchev–Trinajstić information content (AvgIpc) is 2.42. The Bertz CT molecular complexity index is 225. The highest BCUT2D eigenvalue weighted by Crippen LogP contribution is 2.27. The standard InChI is InChI=1S/C15H31NO3/c1-4-15(2)13-14(7-10-19-15)16-8-5-6-9-18-12-11-17-3/h14,16H,4-13H2,1-3H3. The summed E-state index contributed by atoms with van der Waals surface area (Å²) in [6.07, 6.45) is 5.66. The van der Waals surface area contributed by atoms with Crippen LogP contribution in [0, 0.1) is 0 Å². The maximum absolute atomic E-state index is 5.86. The summed E-state index contributed by atoms with van der Waals surface area (Å²) in [6, 6.07) is 0.619. The van der Waals surface area contributed by atoms with Crippen LogP contribution in [0.2, 0.25) is 0 Å². The van der Waals surface area contributed by atoms with Crippen molar-refractivity contribution < 1.29 is 14.2 Å². The molecule has 1 fully saturated rings. The average molecular weight is 273 g/mol. The van der Waals surface area contributed by atoms with Crippen molar-refractivity contribution in [3.8, 4) is 0 Å². The SMILES string of the molecule is CCC1(C)CC(NCCCCOCCOC)CCO1. The van der Waals surface area contributed by atoms with Gasteiger partial charge in [0, 0.05) is 26.4 Å². The molecule has 1 aliphatic heterocycles. The van der Waals surface area contributed by atoms with Crippen LogP contribution in [0.3, 0.4) is 0 Å². The van der Waals surface area contributed by atoms with Gasteiger partial charge in [0.1, 0.15) is 0 Å². The number of methoxy groups -OCH3 is 1. The van der Waals surface area contributed by atoms with E-state index in [0.29, 0.717) is 19.3 Å². The summed E-state index contributed by atoms with van der Waals surface area (Å²) in [5.74, 6) is 0. The lowest BCUT2D eigenvalue weighted by atomic mass is 9.90. The lowest BCUT2D eigenvalue weighted by molar-refractivity contribution is -0.0779. The van der Waals surface area contributed by atoms with E-state index in [4.69, 9.17) is 14.2 Å². The van der Waals surface area contributed by atoms with Gasteiger partial charge >= 0.3 is 0 Å². The molecule has 4 heteroatoms. The summed E-state index contributed by atoms with van der Waals surface area (Å²) in [5.41, 5.74) is 0.0825. The number of rotatable bonds is 10. The third-order valence-corrected chi connectivity index (χ3v) is 3.92. The van der Waals surface area contributed by atoms with Gasteiger partial charge in [-0.05, 0) is 45.6 Å². The molecule has 0 amide bonds. The van der Waals surface area contributed by atoms with E-state index in [1.54, 1.807) is 7.11 Å². The number of unbranched alkanes of at least 4 members (excludes halogenated alkanes) is 1. The van der Waals surface area contributed by atoms with Crippen molar-refractivity contribution in [1.82, 2.24) is 5.32 Å². The molecule has 1 N–H and O–H groups in total. The van der Waals surface area contributed by atoms with E-state index in [-0.39, 0.29) is 5.60 Å². The zero-order valence-corrected chi connectivity index (χ0v) is 12.9. The third-order valence-electron chi connectivity index (χ3n) is 3.92. The second-order valence-electron chi connectivity index (χ2n) is 5.61. The van der Waals surface area contributed by atoms with Crippen LogP contribution in [0.15, 0.2) is 0 Å². The molecule has 0 spiro atoms. The number of hydrogen-bond acceptors (Lipinski definition) is 4. The molecule has 1 heterocycles.